The number of furan rings is 1. The molecule has 3 aromatic heterocycles. The van der Waals surface area contributed by atoms with Crippen LogP contribution in [-0.2, 0) is 10.0 Å². The molecule has 10 nitrogen and oxygen atoms in total. The molecule has 0 radical (unpaired) electrons. The summed E-state index contributed by atoms with van der Waals surface area (Å²) < 4.78 is 66.0. The van der Waals surface area contributed by atoms with E-state index in [1.165, 1.54) is 62.6 Å². The third-order valence-electron chi connectivity index (χ3n) is 6.70. The summed E-state index contributed by atoms with van der Waals surface area (Å²) in [4.78, 5) is 16.1. The van der Waals surface area contributed by atoms with Gasteiger partial charge in [-0.05, 0) is 48.5 Å². The average molecular weight is 578 g/mol. The fourth-order valence-electron chi connectivity index (χ4n) is 4.57. The van der Waals surface area contributed by atoms with Crippen LogP contribution < -0.4 is 9.62 Å². The zero-order valence-electron chi connectivity index (χ0n) is 21.8. The molecule has 0 saturated carbocycles. The molecule has 208 valence electrons. The summed E-state index contributed by atoms with van der Waals surface area (Å²) in [6.45, 7) is 0. The highest BCUT2D eigenvalue weighted by atomic mass is 32.2. The second kappa shape index (κ2) is 9.55. The topological polar surface area (TPSA) is 134 Å². The van der Waals surface area contributed by atoms with Gasteiger partial charge in [-0.2, -0.15) is 0 Å². The van der Waals surface area contributed by atoms with E-state index in [9.17, 15) is 22.0 Å². The lowest BCUT2D eigenvalue weighted by molar-refractivity contribution is 0.0964. The van der Waals surface area contributed by atoms with Gasteiger partial charge in [-0.3, -0.25) is 9.10 Å². The SMILES string of the molecule is CNC(=O)c1c(-c2ccc(F)cc2)oc2cc(N(C)S(C)(=O)=O)c(-c3nnc(-c4cc5c(F)cccc5[nH]4)o3)cc12. The van der Waals surface area contributed by atoms with E-state index < -0.39 is 27.6 Å². The van der Waals surface area contributed by atoms with Crippen molar-refractivity contribution in [1.29, 1.82) is 0 Å². The van der Waals surface area contributed by atoms with Gasteiger partial charge in [0.2, 0.25) is 15.9 Å². The molecule has 0 spiro atoms. The lowest BCUT2D eigenvalue weighted by atomic mass is 10.0. The van der Waals surface area contributed by atoms with Crippen LogP contribution in [0.2, 0.25) is 0 Å². The van der Waals surface area contributed by atoms with Crippen LogP contribution >= 0.6 is 0 Å². The minimum Gasteiger partial charge on any atom is -0.455 e. The van der Waals surface area contributed by atoms with Gasteiger partial charge in [-0.1, -0.05) is 6.07 Å². The minimum absolute atomic E-state index is 0.0365. The van der Waals surface area contributed by atoms with Crippen LogP contribution in [0, 0.1) is 11.6 Å². The number of hydrogen-bond acceptors (Lipinski definition) is 7. The number of hydrogen-bond donors (Lipinski definition) is 2. The van der Waals surface area contributed by atoms with Gasteiger partial charge in [0.05, 0.1) is 23.1 Å². The van der Waals surface area contributed by atoms with Gasteiger partial charge in [0, 0.05) is 42.0 Å². The van der Waals surface area contributed by atoms with Gasteiger partial charge in [-0.25, -0.2) is 17.2 Å². The number of amides is 1. The third-order valence-corrected chi connectivity index (χ3v) is 7.89. The van der Waals surface area contributed by atoms with Gasteiger partial charge in [0.15, 0.2) is 0 Å². The van der Waals surface area contributed by atoms with E-state index in [1.54, 1.807) is 12.1 Å². The average Bonchev–Trinajstić information content (AvgIpc) is 3.68. The van der Waals surface area contributed by atoms with Crippen molar-refractivity contribution in [2.45, 2.75) is 0 Å². The Labute approximate surface area is 231 Å². The molecule has 0 aliphatic rings. The molecule has 0 aliphatic heterocycles. The van der Waals surface area contributed by atoms with Crippen molar-refractivity contribution >= 4 is 43.5 Å². The summed E-state index contributed by atoms with van der Waals surface area (Å²) in [6.07, 6.45) is 1.03. The molecule has 2 N–H and O–H groups in total. The van der Waals surface area contributed by atoms with E-state index in [2.05, 4.69) is 20.5 Å². The number of nitrogens with one attached hydrogen (secondary N) is 2. The molecule has 3 heterocycles. The third kappa shape index (κ3) is 4.49. The molecule has 3 aromatic carbocycles. The van der Waals surface area contributed by atoms with Crippen LogP contribution in [0.5, 0.6) is 0 Å². The zero-order chi connectivity index (χ0) is 29.1. The van der Waals surface area contributed by atoms with E-state index >= 15 is 0 Å². The van der Waals surface area contributed by atoms with E-state index in [0.717, 1.165) is 10.6 Å². The number of nitrogens with zero attached hydrogens (tertiary/aromatic N) is 3. The zero-order valence-corrected chi connectivity index (χ0v) is 22.6. The molecule has 41 heavy (non-hydrogen) atoms. The van der Waals surface area contributed by atoms with Crippen LogP contribution in [0.3, 0.4) is 0 Å². The molecule has 0 aliphatic carbocycles. The van der Waals surface area contributed by atoms with Crippen LogP contribution in [0.4, 0.5) is 14.5 Å². The molecule has 0 atom stereocenters. The van der Waals surface area contributed by atoms with Crippen molar-refractivity contribution in [3.8, 4) is 34.4 Å². The second-order valence-electron chi connectivity index (χ2n) is 9.28. The van der Waals surface area contributed by atoms with Gasteiger partial charge in [0.25, 0.3) is 11.8 Å². The van der Waals surface area contributed by atoms with Crippen LogP contribution in [0.15, 0.2) is 69.5 Å². The Balaban J connectivity index is 1.58. The molecule has 0 saturated heterocycles. The highest BCUT2D eigenvalue weighted by molar-refractivity contribution is 7.92. The van der Waals surface area contributed by atoms with Crippen molar-refractivity contribution < 1.29 is 30.8 Å². The summed E-state index contributed by atoms with van der Waals surface area (Å²) in [5.74, 6) is -1.23. The number of halogens is 2. The van der Waals surface area contributed by atoms with Crippen molar-refractivity contribution in [3.63, 3.8) is 0 Å². The molecule has 0 unspecified atom stereocenters. The van der Waals surface area contributed by atoms with Crippen molar-refractivity contribution in [1.82, 2.24) is 20.5 Å². The molecule has 0 bridgehead atoms. The summed E-state index contributed by atoms with van der Waals surface area (Å²) in [7, 11) is -0.968. The van der Waals surface area contributed by atoms with E-state index in [0.29, 0.717) is 27.5 Å². The summed E-state index contributed by atoms with van der Waals surface area (Å²) in [5, 5.41) is 11.5. The maximum atomic E-state index is 14.3. The number of fused-ring (bicyclic) bond motifs is 2. The molecule has 6 rings (SSSR count). The first-order valence-corrected chi connectivity index (χ1v) is 14.0. The number of rotatable bonds is 6. The van der Waals surface area contributed by atoms with Gasteiger partial charge >= 0.3 is 0 Å². The number of sulfonamides is 1. The molecular formula is C28H21F2N5O5S. The van der Waals surface area contributed by atoms with Gasteiger partial charge in [-0.15, -0.1) is 10.2 Å². The molecule has 6 aromatic rings. The number of anilines is 1. The Bertz CT molecular complexity index is 2080. The maximum Gasteiger partial charge on any atom is 0.264 e. The summed E-state index contributed by atoms with van der Waals surface area (Å²) in [6, 6.07) is 14.5. The Morgan fingerprint density at radius 1 is 0.976 bits per heavy atom. The monoisotopic (exact) mass is 577 g/mol. The smallest absolute Gasteiger partial charge is 0.264 e. The summed E-state index contributed by atoms with van der Waals surface area (Å²) >= 11 is 0. The van der Waals surface area contributed by atoms with Crippen molar-refractivity contribution in [3.05, 3.63) is 77.9 Å². The standard InChI is InChI=1S/C28H21F2N5O5S/c1-31-26(36)24-18-11-17(27-33-34-28(40-27)21-12-16-19(30)5-4-6-20(16)32-21)22(35(2)41(3,37)38)13-23(18)39-25(24)14-7-9-15(29)10-8-14/h4-13,32H,1-3H3,(H,31,36). The molecule has 1 amide bonds. The van der Waals surface area contributed by atoms with Crippen molar-refractivity contribution in [2.24, 2.45) is 0 Å². The largest absolute Gasteiger partial charge is 0.455 e. The lowest BCUT2D eigenvalue weighted by Gasteiger charge is -2.19. The first-order valence-electron chi connectivity index (χ1n) is 12.2. The van der Waals surface area contributed by atoms with Crippen LogP contribution in [-0.4, -0.2) is 49.9 Å². The Kier molecular flexibility index (Phi) is 6.10. The quantitative estimate of drug-likeness (QED) is 0.273. The predicted octanol–water partition coefficient (Wildman–Crippen LogP) is 5.33. The number of aromatic nitrogens is 3. The first-order chi connectivity index (χ1) is 19.5. The van der Waals surface area contributed by atoms with Crippen LogP contribution in [0.25, 0.3) is 56.2 Å². The number of carbonyl (C=O) groups excluding carboxylic acids is 1. The fraction of sp³-hybridized carbons (Fsp3) is 0.107. The fourth-order valence-corrected chi connectivity index (χ4v) is 5.08. The Morgan fingerprint density at radius 3 is 2.39 bits per heavy atom. The minimum atomic E-state index is -3.77. The summed E-state index contributed by atoms with van der Waals surface area (Å²) in [5.41, 5.74) is 2.00. The lowest BCUT2D eigenvalue weighted by Crippen LogP contribution is -2.25. The molecule has 13 heteroatoms. The highest BCUT2D eigenvalue weighted by Crippen LogP contribution is 2.41. The molecule has 0 fully saturated rings. The number of carbonyl (C=O) groups is 1. The first kappa shape index (κ1) is 26.2. The highest BCUT2D eigenvalue weighted by Gasteiger charge is 2.28. The maximum absolute atomic E-state index is 14.3. The van der Waals surface area contributed by atoms with Crippen molar-refractivity contribution in [2.75, 3.05) is 24.7 Å². The van der Waals surface area contributed by atoms with E-state index in [-0.39, 0.29) is 39.9 Å². The second-order valence-corrected chi connectivity index (χ2v) is 11.3. The van der Waals surface area contributed by atoms with E-state index in [1.807, 2.05) is 0 Å². The van der Waals surface area contributed by atoms with Gasteiger partial charge < -0.3 is 19.1 Å². The Hall–Kier alpha value is -5.04. The number of benzene rings is 3. The predicted molar refractivity (Wildman–Crippen MR) is 149 cm³/mol. The number of aromatic amines is 1. The van der Waals surface area contributed by atoms with Gasteiger partial charge in [0.1, 0.15) is 28.7 Å². The normalized spacial score (nSPS) is 11.8. The number of H-pyrrole nitrogens is 1. The van der Waals surface area contributed by atoms with Crippen LogP contribution in [0.1, 0.15) is 10.4 Å². The Morgan fingerprint density at radius 2 is 1.71 bits per heavy atom. The van der Waals surface area contributed by atoms with E-state index in [4.69, 9.17) is 8.83 Å². The molecular weight excluding hydrogens is 556 g/mol.